The molecule has 9 heteroatoms. The van der Waals surface area contributed by atoms with Crippen LogP contribution in [0.3, 0.4) is 0 Å². The van der Waals surface area contributed by atoms with Crippen molar-refractivity contribution in [3.63, 3.8) is 0 Å². The molecule has 0 saturated carbocycles. The van der Waals surface area contributed by atoms with Crippen molar-refractivity contribution in [3.8, 4) is 0 Å². The standard InChI is InChI=1S/C17H16N6O3/c18-23-22-14-5-3-13(4-6-14)16(25)21-15(17(26)20-8-9-24)10-12-2-1-7-19-11-12/h1-7,10-11,24H,8-9H2,(H,20,26)(H,21,25)/b15-10-. The van der Waals surface area contributed by atoms with E-state index in [1.807, 2.05) is 0 Å². The SMILES string of the molecule is [N-]=[N+]=Nc1ccc(C(=O)N/C(=C\c2cccnc2)C(=O)NCCO)cc1. The van der Waals surface area contributed by atoms with Crippen molar-refractivity contribution in [3.05, 3.63) is 76.1 Å². The van der Waals surface area contributed by atoms with E-state index in [2.05, 4.69) is 25.6 Å². The number of rotatable bonds is 7. The summed E-state index contributed by atoms with van der Waals surface area (Å²) in [7, 11) is 0. The molecule has 0 spiro atoms. The molecule has 1 aromatic heterocycles. The predicted molar refractivity (Wildman–Crippen MR) is 95.0 cm³/mol. The van der Waals surface area contributed by atoms with Gasteiger partial charge in [0.1, 0.15) is 5.70 Å². The number of benzene rings is 1. The second kappa shape index (κ2) is 9.58. The second-order valence-corrected chi connectivity index (χ2v) is 5.01. The van der Waals surface area contributed by atoms with Gasteiger partial charge in [0.05, 0.1) is 6.61 Å². The van der Waals surface area contributed by atoms with Crippen LogP contribution in [0.25, 0.3) is 16.5 Å². The first-order valence-electron chi connectivity index (χ1n) is 7.61. The van der Waals surface area contributed by atoms with Crippen LogP contribution in [0.4, 0.5) is 5.69 Å². The Morgan fingerprint density at radius 2 is 2.04 bits per heavy atom. The van der Waals surface area contributed by atoms with E-state index in [1.54, 1.807) is 24.5 Å². The predicted octanol–water partition coefficient (Wildman–Crippen LogP) is 1.90. The third-order valence-corrected chi connectivity index (χ3v) is 3.18. The first kappa shape index (κ1) is 18.7. The van der Waals surface area contributed by atoms with Crippen LogP contribution < -0.4 is 10.6 Å². The zero-order chi connectivity index (χ0) is 18.8. The summed E-state index contributed by atoms with van der Waals surface area (Å²) in [6.07, 6.45) is 4.61. The molecule has 26 heavy (non-hydrogen) atoms. The maximum absolute atomic E-state index is 12.4. The highest BCUT2D eigenvalue weighted by Gasteiger charge is 2.14. The first-order valence-corrected chi connectivity index (χ1v) is 7.61. The van der Waals surface area contributed by atoms with E-state index in [9.17, 15) is 9.59 Å². The quantitative estimate of drug-likeness (QED) is 0.303. The van der Waals surface area contributed by atoms with Gasteiger partial charge in [-0.15, -0.1) is 0 Å². The maximum atomic E-state index is 12.4. The molecule has 0 unspecified atom stereocenters. The Labute approximate surface area is 149 Å². The second-order valence-electron chi connectivity index (χ2n) is 5.01. The van der Waals surface area contributed by atoms with Crippen LogP contribution in [-0.4, -0.2) is 35.1 Å². The number of hydrogen-bond donors (Lipinski definition) is 3. The summed E-state index contributed by atoms with van der Waals surface area (Å²) in [6, 6.07) is 9.37. The largest absolute Gasteiger partial charge is 0.395 e. The number of amides is 2. The summed E-state index contributed by atoms with van der Waals surface area (Å²) < 4.78 is 0. The summed E-state index contributed by atoms with van der Waals surface area (Å²) in [6.45, 7) is -0.166. The topological polar surface area (TPSA) is 140 Å². The Morgan fingerprint density at radius 1 is 1.27 bits per heavy atom. The number of hydrogen-bond acceptors (Lipinski definition) is 5. The molecule has 2 rings (SSSR count). The van der Waals surface area contributed by atoms with Crippen molar-refractivity contribution in [2.24, 2.45) is 5.11 Å². The average molecular weight is 352 g/mol. The summed E-state index contributed by atoms with van der Waals surface area (Å²) in [5, 5.41) is 17.3. The molecule has 3 N–H and O–H groups in total. The monoisotopic (exact) mass is 352 g/mol. The number of nitrogens with zero attached hydrogens (tertiary/aromatic N) is 4. The highest BCUT2D eigenvalue weighted by Crippen LogP contribution is 2.13. The Hall–Kier alpha value is -3.68. The van der Waals surface area contributed by atoms with Crippen molar-refractivity contribution in [2.45, 2.75) is 0 Å². The summed E-state index contributed by atoms with van der Waals surface area (Å²) in [5.74, 6) is -1.05. The summed E-state index contributed by atoms with van der Waals surface area (Å²) in [4.78, 5) is 31.2. The van der Waals surface area contributed by atoms with E-state index < -0.39 is 11.8 Å². The lowest BCUT2D eigenvalue weighted by atomic mass is 10.1. The zero-order valence-corrected chi connectivity index (χ0v) is 13.7. The van der Waals surface area contributed by atoms with E-state index in [-0.39, 0.29) is 24.4 Å². The van der Waals surface area contributed by atoms with Crippen LogP contribution in [0.1, 0.15) is 15.9 Å². The van der Waals surface area contributed by atoms with Crippen molar-refractivity contribution in [1.29, 1.82) is 0 Å². The number of pyridine rings is 1. The van der Waals surface area contributed by atoms with Gasteiger partial charge in [-0.25, -0.2) is 0 Å². The Bertz CT molecular complexity index is 843. The van der Waals surface area contributed by atoms with Crippen LogP contribution in [0.15, 0.2) is 59.6 Å². The van der Waals surface area contributed by atoms with Gasteiger partial charge >= 0.3 is 0 Å². The Morgan fingerprint density at radius 3 is 2.65 bits per heavy atom. The molecule has 0 aliphatic rings. The van der Waals surface area contributed by atoms with Crippen molar-refractivity contribution < 1.29 is 14.7 Å². The first-order chi connectivity index (χ1) is 12.6. The minimum Gasteiger partial charge on any atom is -0.395 e. The third kappa shape index (κ3) is 5.45. The number of carbonyl (C=O) groups is 2. The van der Waals surface area contributed by atoms with Crippen LogP contribution >= 0.6 is 0 Å². The molecule has 0 radical (unpaired) electrons. The smallest absolute Gasteiger partial charge is 0.267 e. The van der Waals surface area contributed by atoms with Gasteiger partial charge in [-0.05, 0) is 35.4 Å². The van der Waals surface area contributed by atoms with Crippen molar-refractivity contribution >= 4 is 23.6 Å². The molecule has 132 valence electrons. The van der Waals surface area contributed by atoms with Gasteiger partial charge in [0.15, 0.2) is 0 Å². The lowest BCUT2D eigenvalue weighted by Crippen LogP contribution is -2.36. The highest BCUT2D eigenvalue weighted by molar-refractivity contribution is 6.05. The van der Waals surface area contributed by atoms with Crippen molar-refractivity contribution in [1.82, 2.24) is 15.6 Å². The zero-order valence-electron chi connectivity index (χ0n) is 13.7. The van der Waals surface area contributed by atoms with E-state index >= 15 is 0 Å². The van der Waals surface area contributed by atoms with Gasteiger partial charge in [0, 0.05) is 35.1 Å². The fourth-order valence-electron chi connectivity index (χ4n) is 1.98. The number of aliphatic hydroxyl groups excluding tert-OH is 1. The van der Waals surface area contributed by atoms with Gasteiger partial charge in [-0.2, -0.15) is 0 Å². The molecule has 1 aromatic carbocycles. The fourth-order valence-corrected chi connectivity index (χ4v) is 1.98. The van der Waals surface area contributed by atoms with Crippen molar-refractivity contribution in [2.75, 3.05) is 13.2 Å². The molecule has 2 aromatic rings. The van der Waals surface area contributed by atoms with E-state index in [4.69, 9.17) is 10.6 Å². The number of carbonyl (C=O) groups excluding carboxylic acids is 2. The minimum atomic E-state index is -0.540. The molecule has 0 atom stereocenters. The van der Waals surface area contributed by atoms with Crippen LogP contribution in [0, 0.1) is 0 Å². The molecule has 0 aliphatic heterocycles. The van der Waals surface area contributed by atoms with Gasteiger partial charge in [-0.1, -0.05) is 23.3 Å². The molecule has 1 heterocycles. The van der Waals surface area contributed by atoms with Gasteiger partial charge in [-0.3, -0.25) is 14.6 Å². The lowest BCUT2D eigenvalue weighted by molar-refractivity contribution is -0.117. The molecule has 9 nitrogen and oxygen atoms in total. The molecule has 2 amide bonds. The number of aliphatic hydroxyl groups is 1. The lowest BCUT2D eigenvalue weighted by Gasteiger charge is -2.10. The number of nitrogens with one attached hydrogen (secondary N) is 2. The van der Waals surface area contributed by atoms with Crippen LogP contribution in [0.5, 0.6) is 0 Å². The number of aromatic nitrogens is 1. The third-order valence-electron chi connectivity index (χ3n) is 3.18. The van der Waals surface area contributed by atoms with E-state index in [1.165, 1.54) is 30.3 Å². The maximum Gasteiger partial charge on any atom is 0.267 e. The molecular weight excluding hydrogens is 336 g/mol. The normalized spacial score (nSPS) is 10.6. The molecular formula is C17H16N6O3. The van der Waals surface area contributed by atoms with Gasteiger partial charge in [0.25, 0.3) is 11.8 Å². The minimum absolute atomic E-state index is 0.00979. The molecule has 0 bridgehead atoms. The van der Waals surface area contributed by atoms with Crippen LogP contribution in [0.2, 0.25) is 0 Å². The fraction of sp³-hybridized carbons (Fsp3) is 0.118. The molecule has 0 fully saturated rings. The highest BCUT2D eigenvalue weighted by atomic mass is 16.3. The van der Waals surface area contributed by atoms with E-state index in [0.717, 1.165) is 0 Å². The van der Waals surface area contributed by atoms with Crippen LogP contribution in [-0.2, 0) is 4.79 Å². The molecule has 0 saturated heterocycles. The van der Waals surface area contributed by atoms with Gasteiger partial charge < -0.3 is 15.7 Å². The Balaban J connectivity index is 2.22. The molecule has 0 aliphatic carbocycles. The summed E-state index contributed by atoms with van der Waals surface area (Å²) >= 11 is 0. The average Bonchev–Trinajstić information content (AvgIpc) is 2.67. The van der Waals surface area contributed by atoms with E-state index in [0.29, 0.717) is 11.3 Å². The summed E-state index contributed by atoms with van der Waals surface area (Å²) in [5.41, 5.74) is 9.69. The number of azide groups is 1. The van der Waals surface area contributed by atoms with Gasteiger partial charge in [0.2, 0.25) is 0 Å². The Kier molecular flexibility index (Phi) is 6.87.